The van der Waals surface area contributed by atoms with Gasteiger partial charge in [0.1, 0.15) is 17.1 Å². The maximum Gasteiger partial charge on any atom is 0.255 e. The van der Waals surface area contributed by atoms with Crippen LogP contribution in [0.2, 0.25) is 0 Å². The average Bonchev–Trinajstić information content (AvgIpc) is 3.54. The van der Waals surface area contributed by atoms with Crippen LogP contribution in [0.15, 0.2) is 88.5 Å². The second kappa shape index (κ2) is 8.39. The first-order valence-corrected chi connectivity index (χ1v) is 10.1. The molecule has 0 atom stereocenters. The Morgan fingerprint density at radius 2 is 1.53 bits per heavy atom. The number of amides is 1. The number of benzene rings is 2. The van der Waals surface area contributed by atoms with Gasteiger partial charge in [0.2, 0.25) is 0 Å². The number of nitrogens with one attached hydrogen (secondary N) is 1. The van der Waals surface area contributed by atoms with Crippen LogP contribution in [0.5, 0.6) is 5.75 Å². The highest BCUT2D eigenvalue weighted by Crippen LogP contribution is 2.31. The van der Waals surface area contributed by atoms with Crippen molar-refractivity contribution in [2.45, 2.75) is 6.92 Å². The van der Waals surface area contributed by atoms with Crippen LogP contribution in [-0.2, 0) is 0 Å². The molecule has 0 aliphatic carbocycles. The normalized spacial score (nSPS) is 10.9. The van der Waals surface area contributed by atoms with E-state index >= 15 is 0 Å². The van der Waals surface area contributed by atoms with Crippen molar-refractivity contribution in [1.29, 1.82) is 0 Å². The van der Waals surface area contributed by atoms with Gasteiger partial charge in [-0.05, 0) is 61.5 Å². The minimum absolute atomic E-state index is 0.235. The third-order valence-corrected chi connectivity index (χ3v) is 4.94. The Labute approximate surface area is 183 Å². The van der Waals surface area contributed by atoms with E-state index < -0.39 is 0 Å². The predicted octanol–water partition coefficient (Wildman–Crippen LogP) is 5.80. The van der Waals surface area contributed by atoms with Gasteiger partial charge in [-0.25, -0.2) is 9.97 Å². The molecular weight excluding hydrogens is 406 g/mol. The van der Waals surface area contributed by atoms with Crippen LogP contribution in [0.4, 0.5) is 5.69 Å². The Morgan fingerprint density at radius 1 is 0.875 bits per heavy atom. The SMILES string of the molecule is CCOc1ccc(NC(=O)c2ccc3nc(-c4ccoc4)c(-c4ccoc4)nc3c2)cc1. The van der Waals surface area contributed by atoms with Gasteiger partial charge in [0.25, 0.3) is 5.91 Å². The molecule has 0 fully saturated rings. The van der Waals surface area contributed by atoms with Gasteiger partial charge in [-0.2, -0.15) is 0 Å². The fourth-order valence-electron chi connectivity index (χ4n) is 3.40. The molecule has 2 aromatic carbocycles. The minimum Gasteiger partial charge on any atom is -0.494 e. The lowest BCUT2D eigenvalue weighted by Gasteiger charge is -2.10. The molecule has 1 N–H and O–H groups in total. The van der Waals surface area contributed by atoms with Gasteiger partial charge in [-0.1, -0.05) is 0 Å². The minimum atomic E-state index is -0.235. The number of anilines is 1. The predicted molar refractivity (Wildman–Crippen MR) is 121 cm³/mol. The van der Waals surface area contributed by atoms with E-state index in [4.69, 9.17) is 23.5 Å². The number of nitrogens with zero attached hydrogens (tertiary/aromatic N) is 2. The van der Waals surface area contributed by atoms with E-state index in [1.165, 1.54) is 0 Å². The summed E-state index contributed by atoms with van der Waals surface area (Å²) in [6, 6.07) is 16.2. The molecule has 5 rings (SSSR count). The van der Waals surface area contributed by atoms with E-state index in [0.29, 0.717) is 40.3 Å². The molecule has 1 amide bonds. The lowest BCUT2D eigenvalue weighted by atomic mass is 10.1. The van der Waals surface area contributed by atoms with Crippen molar-refractivity contribution < 1.29 is 18.4 Å². The highest BCUT2D eigenvalue weighted by atomic mass is 16.5. The Hall–Kier alpha value is -4.39. The number of carbonyl (C=O) groups is 1. The summed E-state index contributed by atoms with van der Waals surface area (Å²) < 4.78 is 15.9. The molecule has 7 nitrogen and oxygen atoms in total. The van der Waals surface area contributed by atoms with Crippen LogP contribution in [0.3, 0.4) is 0 Å². The topological polar surface area (TPSA) is 90.4 Å². The van der Waals surface area contributed by atoms with Gasteiger partial charge in [0, 0.05) is 22.4 Å². The third kappa shape index (κ3) is 3.83. The van der Waals surface area contributed by atoms with Crippen molar-refractivity contribution in [1.82, 2.24) is 9.97 Å². The summed E-state index contributed by atoms with van der Waals surface area (Å²) in [5.74, 6) is 0.522. The van der Waals surface area contributed by atoms with E-state index in [-0.39, 0.29) is 5.91 Å². The molecule has 32 heavy (non-hydrogen) atoms. The van der Waals surface area contributed by atoms with Crippen LogP contribution in [0.1, 0.15) is 17.3 Å². The monoisotopic (exact) mass is 425 g/mol. The fourth-order valence-corrected chi connectivity index (χ4v) is 3.40. The van der Waals surface area contributed by atoms with Crippen molar-refractivity contribution in [3.63, 3.8) is 0 Å². The van der Waals surface area contributed by atoms with Gasteiger partial charge in [-0.15, -0.1) is 0 Å². The van der Waals surface area contributed by atoms with Gasteiger partial charge >= 0.3 is 0 Å². The van der Waals surface area contributed by atoms with Crippen molar-refractivity contribution in [2.24, 2.45) is 0 Å². The number of ether oxygens (including phenoxy) is 1. The van der Waals surface area contributed by atoms with Crippen molar-refractivity contribution in [2.75, 3.05) is 11.9 Å². The standard InChI is InChI=1S/C25H19N3O4/c1-2-32-20-6-4-19(5-7-20)26-25(29)16-3-8-21-22(13-16)28-24(18-10-12-31-15-18)23(27-21)17-9-11-30-14-17/h3-15H,2H2,1H3,(H,26,29). The second-order valence-electron chi connectivity index (χ2n) is 7.06. The summed E-state index contributed by atoms with van der Waals surface area (Å²) in [4.78, 5) is 22.4. The van der Waals surface area contributed by atoms with Gasteiger partial charge in [0.05, 0.1) is 42.7 Å². The molecule has 0 saturated heterocycles. The zero-order chi connectivity index (χ0) is 21.9. The Kier molecular flexibility index (Phi) is 5.13. The molecule has 0 spiro atoms. The molecule has 5 aromatic rings. The molecule has 0 unspecified atom stereocenters. The Bertz CT molecular complexity index is 1360. The highest BCUT2D eigenvalue weighted by molar-refractivity contribution is 6.06. The largest absolute Gasteiger partial charge is 0.494 e. The first-order valence-electron chi connectivity index (χ1n) is 10.1. The fraction of sp³-hybridized carbons (Fsp3) is 0.0800. The quantitative estimate of drug-likeness (QED) is 0.370. The summed E-state index contributed by atoms with van der Waals surface area (Å²) in [5.41, 5.74) is 5.37. The third-order valence-electron chi connectivity index (χ3n) is 4.94. The number of furan rings is 2. The number of hydrogen-bond donors (Lipinski definition) is 1. The highest BCUT2D eigenvalue weighted by Gasteiger charge is 2.16. The maximum atomic E-state index is 12.8. The molecule has 0 radical (unpaired) electrons. The van der Waals surface area contributed by atoms with Crippen LogP contribution in [0.25, 0.3) is 33.5 Å². The van der Waals surface area contributed by atoms with Gasteiger partial charge in [0.15, 0.2) is 0 Å². The maximum absolute atomic E-state index is 12.8. The second-order valence-corrected chi connectivity index (χ2v) is 7.06. The summed E-state index contributed by atoms with van der Waals surface area (Å²) in [6.07, 6.45) is 6.41. The van der Waals surface area contributed by atoms with Crippen molar-refractivity contribution in [3.8, 4) is 28.3 Å². The van der Waals surface area contributed by atoms with E-state index in [0.717, 1.165) is 16.9 Å². The van der Waals surface area contributed by atoms with E-state index in [1.54, 1.807) is 55.4 Å². The van der Waals surface area contributed by atoms with Crippen molar-refractivity contribution >= 4 is 22.6 Å². The summed E-state index contributed by atoms with van der Waals surface area (Å²) in [7, 11) is 0. The van der Waals surface area contributed by atoms with E-state index in [1.807, 2.05) is 31.2 Å². The number of aromatic nitrogens is 2. The van der Waals surface area contributed by atoms with Gasteiger partial charge in [-0.3, -0.25) is 4.79 Å². The first kappa shape index (κ1) is 19.6. The number of carbonyl (C=O) groups excluding carboxylic acids is 1. The lowest BCUT2D eigenvalue weighted by Crippen LogP contribution is -2.12. The zero-order valence-electron chi connectivity index (χ0n) is 17.2. The summed E-state index contributed by atoms with van der Waals surface area (Å²) >= 11 is 0. The van der Waals surface area contributed by atoms with Crippen molar-refractivity contribution in [3.05, 3.63) is 85.2 Å². The molecule has 0 bridgehead atoms. The molecule has 3 heterocycles. The summed E-state index contributed by atoms with van der Waals surface area (Å²) in [6.45, 7) is 2.52. The Balaban J connectivity index is 1.49. The summed E-state index contributed by atoms with van der Waals surface area (Å²) in [5, 5.41) is 2.90. The van der Waals surface area contributed by atoms with Crippen LogP contribution < -0.4 is 10.1 Å². The molecule has 0 saturated carbocycles. The van der Waals surface area contributed by atoms with Crippen LogP contribution in [0, 0.1) is 0 Å². The molecule has 158 valence electrons. The van der Waals surface area contributed by atoms with Crippen LogP contribution in [-0.4, -0.2) is 22.5 Å². The van der Waals surface area contributed by atoms with E-state index in [2.05, 4.69) is 5.32 Å². The number of fused-ring (bicyclic) bond motifs is 1. The first-order chi connectivity index (χ1) is 15.7. The molecule has 3 aromatic heterocycles. The lowest BCUT2D eigenvalue weighted by molar-refractivity contribution is 0.102. The molecule has 0 aliphatic heterocycles. The molecule has 7 heteroatoms. The molecular formula is C25H19N3O4. The number of rotatable bonds is 6. The number of hydrogen-bond acceptors (Lipinski definition) is 6. The smallest absolute Gasteiger partial charge is 0.255 e. The van der Waals surface area contributed by atoms with Gasteiger partial charge < -0.3 is 18.9 Å². The average molecular weight is 425 g/mol. The van der Waals surface area contributed by atoms with E-state index in [9.17, 15) is 4.79 Å². The molecule has 0 aliphatic rings. The van der Waals surface area contributed by atoms with Crippen LogP contribution >= 0.6 is 0 Å². The zero-order valence-corrected chi connectivity index (χ0v) is 17.2. The Morgan fingerprint density at radius 3 is 2.12 bits per heavy atom.